The summed E-state index contributed by atoms with van der Waals surface area (Å²) in [6.45, 7) is 0.219. The molecule has 1 aliphatic heterocycles. The largest absolute Gasteiger partial charge is 0.493 e. The molecule has 0 spiro atoms. The van der Waals surface area contributed by atoms with E-state index in [0.717, 1.165) is 14.9 Å². The molecule has 2 heterocycles. The molecular weight excluding hydrogens is 572 g/mol. The number of hydrogen-bond donors (Lipinski definition) is 1. The summed E-state index contributed by atoms with van der Waals surface area (Å²) in [5.41, 5.74) is 1.27. The second-order valence-electron chi connectivity index (χ2n) is 7.23. The quantitative estimate of drug-likeness (QED) is 0.306. The van der Waals surface area contributed by atoms with Gasteiger partial charge in [0, 0.05) is 8.95 Å². The lowest BCUT2D eigenvalue weighted by molar-refractivity contribution is -0.130. The van der Waals surface area contributed by atoms with Crippen LogP contribution in [-0.2, 0) is 22.7 Å². The zero-order chi connectivity index (χ0) is 24.2. The van der Waals surface area contributed by atoms with Crippen molar-refractivity contribution in [3.63, 3.8) is 0 Å². The highest BCUT2D eigenvalue weighted by atomic mass is 79.9. The lowest BCUT2D eigenvalue weighted by Gasteiger charge is -2.25. The monoisotopic (exact) mass is 588 g/mol. The number of carbonyl (C=O) groups excluding carboxylic acids is 3. The van der Waals surface area contributed by atoms with Gasteiger partial charge in [-0.05, 0) is 53.6 Å². The van der Waals surface area contributed by atoms with Gasteiger partial charge in [-0.1, -0.05) is 44.0 Å². The number of nitrogens with one attached hydrogen (secondary N) is 1. The van der Waals surface area contributed by atoms with Crippen LogP contribution < -0.4 is 14.8 Å². The summed E-state index contributed by atoms with van der Waals surface area (Å²) in [5, 5.41) is 2.19. The second kappa shape index (κ2) is 10.3. The number of amides is 4. The zero-order valence-corrected chi connectivity index (χ0v) is 21.0. The van der Waals surface area contributed by atoms with E-state index in [0.29, 0.717) is 33.9 Å². The van der Waals surface area contributed by atoms with Crippen LogP contribution in [-0.4, -0.2) is 29.9 Å². The van der Waals surface area contributed by atoms with Crippen LogP contribution in [0.1, 0.15) is 16.9 Å². The minimum Gasteiger partial charge on any atom is -0.493 e. The van der Waals surface area contributed by atoms with Crippen molar-refractivity contribution < 1.29 is 28.3 Å². The van der Waals surface area contributed by atoms with Gasteiger partial charge in [-0.2, -0.15) is 0 Å². The maximum Gasteiger partial charge on any atom is 0.331 e. The second-order valence-corrected chi connectivity index (χ2v) is 9.00. The van der Waals surface area contributed by atoms with E-state index >= 15 is 0 Å². The predicted molar refractivity (Wildman–Crippen MR) is 130 cm³/mol. The van der Waals surface area contributed by atoms with E-state index in [2.05, 4.69) is 37.2 Å². The zero-order valence-electron chi connectivity index (χ0n) is 17.8. The van der Waals surface area contributed by atoms with Crippen LogP contribution in [0.3, 0.4) is 0 Å². The molecule has 1 aliphatic rings. The first-order valence-electron chi connectivity index (χ1n) is 10.0. The first kappa shape index (κ1) is 23.8. The molecule has 0 saturated carbocycles. The Hall–Kier alpha value is -3.37. The van der Waals surface area contributed by atoms with Crippen LogP contribution in [0.15, 0.2) is 73.7 Å². The lowest BCUT2D eigenvalue weighted by Crippen LogP contribution is -2.53. The third kappa shape index (κ3) is 5.23. The molecule has 0 bridgehead atoms. The molecule has 4 amide bonds. The van der Waals surface area contributed by atoms with Gasteiger partial charge in [-0.3, -0.25) is 19.8 Å². The summed E-state index contributed by atoms with van der Waals surface area (Å²) in [5.74, 6) is -0.209. The predicted octanol–water partition coefficient (Wildman–Crippen LogP) is 5.05. The molecule has 1 N–H and O–H groups in total. The Morgan fingerprint density at radius 3 is 2.50 bits per heavy atom. The van der Waals surface area contributed by atoms with E-state index in [1.807, 2.05) is 24.3 Å². The van der Waals surface area contributed by atoms with Crippen molar-refractivity contribution in [3.05, 3.63) is 86.2 Å². The number of furan rings is 1. The molecule has 2 aromatic carbocycles. The number of imide groups is 2. The number of benzene rings is 2. The average molecular weight is 590 g/mol. The highest BCUT2D eigenvalue weighted by Crippen LogP contribution is 2.35. The molecule has 10 heteroatoms. The average Bonchev–Trinajstić information content (AvgIpc) is 3.33. The highest BCUT2D eigenvalue weighted by molar-refractivity contribution is 9.10. The van der Waals surface area contributed by atoms with Gasteiger partial charge in [-0.25, -0.2) is 4.79 Å². The van der Waals surface area contributed by atoms with Gasteiger partial charge in [0.1, 0.15) is 17.9 Å². The van der Waals surface area contributed by atoms with Crippen molar-refractivity contribution >= 4 is 55.8 Å². The molecule has 0 aliphatic carbocycles. The van der Waals surface area contributed by atoms with Gasteiger partial charge in [0.25, 0.3) is 11.8 Å². The Morgan fingerprint density at radius 2 is 1.82 bits per heavy atom. The van der Waals surface area contributed by atoms with Crippen LogP contribution in [0.5, 0.6) is 11.5 Å². The fourth-order valence-corrected chi connectivity index (χ4v) is 3.93. The maximum absolute atomic E-state index is 13.0. The van der Waals surface area contributed by atoms with E-state index in [4.69, 9.17) is 13.9 Å². The van der Waals surface area contributed by atoms with Crippen molar-refractivity contribution in [2.24, 2.45) is 0 Å². The number of carbonyl (C=O) groups is 3. The van der Waals surface area contributed by atoms with Crippen molar-refractivity contribution in [1.82, 2.24) is 10.2 Å². The summed E-state index contributed by atoms with van der Waals surface area (Å²) in [6, 6.07) is 13.5. The van der Waals surface area contributed by atoms with Gasteiger partial charge in [0.2, 0.25) is 0 Å². The van der Waals surface area contributed by atoms with Gasteiger partial charge in [0.05, 0.1) is 19.9 Å². The fourth-order valence-electron chi connectivity index (χ4n) is 3.23. The number of hydrogen-bond acceptors (Lipinski definition) is 6. The summed E-state index contributed by atoms with van der Waals surface area (Å²) < 4.78 is 18.1. The standard InChI is InChI=1S/C24H18Br2N2O6/c1-32-20-10-15(19(26)11-21(20)34-13-14-4-6-16(25)7-5-14)9-18-22(29)27-24(31)28(23(18)30)12-17-3-2-8-33-17/h2-11H,12-13H2,1H3,(H,27,29,31)/b18-9+. The molecule has 0 unspecified atom stereocenters. The molecule has 174 valence electrons. The normalized spacial score (nSPS) is 15.0. The third-order valence-corrected chi connectivity index (χ3v) is 6.19. The SMILES string of the molecule is COc1cc(/C=C2\C(=O)NC(=O)N(Cc3ccco3)C2=O)c(Br)cc1OCc1ccc(Br)cc1. The number of ether oxygens (including phenoxy) is 2. The number of rotatable bonds is 7. The smallest absolute Gasteiger partial charge is 0.331 e. The van der Waals surface area contributed by atoms with Crippen LogP contribution in [0.25, 0.3) is 6.08 Å². The van der Waals surface area contributed by atoms with Crippen molar-refractivity contribution in [2.45, 2.75) is 13.2 Å². The summed E-state index contributed by atoms with van der Waals surface area (Å²) in [7, 11) is 1.49. The molecule has 0 atom stereocenters. The first-order valence-corrected chi connectivity index (χ1v) is 11.6. The van der Waals surface area contributed by atoms with E-state index in [9.17, 15) is 14.4 Å². The molecule has 3 aromatic rings. The van der Waals surface area contributed by atoms with E-state index in [1.54, 1.807) is 24.3 Å². The number of nitrogens with zero attached hydrogens (tertiary/aromatic N) is 1. The number of barbiturate groups is 1. The Kier molecular flexibility index (Phi) is 7.18. The maximum atomic E-state index is 13.0. The van der Waals surface area contributed by atoms with Gasteiger partial charge in [-0.15, -0.1) is 0 Å². The van der Waals surface area contributed by atoms with E-state index in [1.165, 1.54) is 19.4 Å². The molecule has 8 nitrogen and oxygen atoms in total. The highest BCUT2D eigenvalue weighted by Gasteiger charge is 2.36. The van der Waals surface area contributed by atoms with Crippen LogP contribution in [0.4, 0.5) is 4.79 Å². The third-order valence-electron chi connectivity index (χ3n) is 4.97. The molecule has 1 aromatic heterocycles. The molecule has 4 rings (SSSR count). The topological polar surface area (TPSA) is 98.1 Å². The molecule has 1 fully saturated rings. The minimum absolute atomic E-state index is 0.102. The van der Waals surface area contributed by atoms with Crippen molar-refractivity contribution in [3.8, 4) is 11.5 Å². The first-order chi connectivity index (χ1) is 16.4. The fraction of sp³-hybridized carbons (Fsp3) is 0.125. The van der Waals surface area contributed by atoms with Crippen LogP contribution >= 0.6 is 31.9 Å². The number of halogens is 2. The summed E-state index contributed by atoms with van der Waals surface area (Å²) in [4.78, 5) is 38.5. The van der Waals surface area contributed by atoms with Gasteiger partial charge < -0.3 is 13.9 Å². The van der Waals surface area contributed by atoms with Crippen LogP contribution in [0, 0.1) is 0 Å². The van der Waals surface area contributed by atoms with Gasteiger partial charge in [0.15, 0.2) is 11.5 Å². The Bertz CT molecular complexity index is 1270. The number of methoxy groups -OCH3 is 1. The van der Waals surface area contributed by atoms with Crippen molar-refractivity contribution in [2.75, 3.05) is 7.11 Å². The molecular formula is C24H18Br2N2O6. The summed E-state index contributed by atoms with van der Waals surface area (Å²) in [6.07, 6.45) is 2.83. The molecule has 0 radical (unpaired) electrons. The Labute approximate surface area is 211 Å². The van der Waals surface area contributed by atoms with E-state index < -0.39 is 17.8 Å². The number of urea groups is 1. The Morgan fingerprint density at radius 1 is 1.06 bits per heavy atom. The molecule has 1 saturated heterocycles. The van der Waals surface area contributed by atoms with Crippen LogP contribution in [0.2, 0.25) is 0 Å². The minimum atomic E-state index is -0.808. The lowest BCUT2D eigenvalue weighted by atomic mass is 10.1. The molecule has 34 heavy (non-hydrogen) atoms. The van der Waals surface area contributed by atoms with Crippen molar-refractivity contribution in [1.29, 1.82) is 0 Å². The summed E-state index contributed by atoms with van der Waals surface area (Å²) >= 11 is 6.86. The van der Waals surface area contributed by atoms with E-state index in [-0.39, 0.29) is 12.1 Å². The Balaban J connectivity index is 1.59. The van der Waals surface area contributed by atoms with Gasteiger partial charge >= 0.3 is 6.03 Å².